The van der Waals surface area contributed by atoms with Crippen LogP contribution in [0.25, 0.3) is 0 Å². The maximum absolute atomic E-state index is 11.3. The molecule has 0 bridgehead atoms. The number of carboxylic acids is 1. The quantitative estimate of drug-likeness (QED) is 0.691. The van der Waals surface area contributed by atoms with Gasteiger partial charge in [0, 0.05) is 18.9 Å². The number of carbonyl (C=O) groups excluding carboxylic acids is 1. The number of carboxylic acid groups (broad SMARTS) is 1. The van der Waals surface area contributed by atoms with Crippen LogP contribution in [0.5, 0.6) is 0 Å². The van der Waals surface area contributed by atoms with Gasteiger partial charge >= 0.3 is 12.0 Å². The SMILES string of the molecule is C[C@H](NC(=O)NCCc1ccncc1)C(=O)O. The molecule has 0 spiro atoms. The summed E-state index contributed by atoms with van der Waals surface area (Å²) < 4.78 is 0. The van der Waals surface area contributed by atoms with Crippen molar-refractivity contribution in [2.75, 3.05) is 6.54 Å². The van der Waals surface area contributed by atoms with Gasteiger partial charge in [-0.2, -0.15) is 0 Å². The van der Waals surface area contributed by atoms with Gasteiger partial charge in [-0.25, -0.2) is 4.79 Å². The van der Waals surface area contributed by atoms with Crippen molar-refractivity contribution in [3.05, 3.63) is 30.1 Å². The van der Waals surface area contributed by atoms with Gasteiger partial charge in [0.05, 0.1) is 0 Å². The highest BCUT2D eigenvalue weighted by Gasteiger charge is 2.12. The summed E-state index contributed by atoms with van der Waals surface area (Å²) in [5, 5.41) is 13.5. The van der Waals surface area contributed by atoms with Gasteiger partial charge in [-0.15, -0.1) is 0 Å². The Morgan fingerprint density at radius 2 is 2.06 bits per heavy atom. The van der Waals surface area contributed by atoms with E-state index < -0.39 is 18.0 Å². The Balaban J connectivity index is 2.23. The van der Waals surface area contributed by atoms with Crippen molar-refractivity contribution in [2.24, 2.45) is 0 Å². The van der Waals surface area contributed by atoms with Gasteiger partial charge in [0.2, 0.25) is 0 Å². The zero-order chi connectivity index (χ0) is 12.7. The summed E-state index contributed by atoms with van der Waals surface area (Å²) in [7, 11) is 0. The largest absolute Gasteiger partial charge is 0.480 e. The number of hydrogen-bond donors (Lipinski definition) is 3. The molecule has 2 amide bonds. The van der Waals surface area contributed by atoms with Crippen molar-refractivity contribution in [2.45, 2.75) is 19.4 Å². The zero-order valence-electron chi connectivity index (χ0n) is 9.51. The van der Waals surface area contributed by atoms with Gasteiger partial charge in [0.25, 0.3) is 0 Å². The normalized spacial score (nSPS) is 11.6. The molecule has 1 aromatic rings. The highest BCUT2D eigenvalue weighted by molar-refractivity contribution is 5.82. The number of aromatic nitrogens is 1. The Bertz CT molecular complexity index is 381. The van der Waals surface area contributed by atoms with Crippen molar-refractivity contribution in [3.8, 4) is 0 Å². The molecule has 6 heteroatoms. The molecule has 17 heavy (non-hydrogen) atoms. The number of aliphatic carboxylic acids is 1. The van der Waals surface area contributed by atoms with E-state index in [1.165, 1.54) is 6.92 Å². The average molecular weight is 237 g/mol. The number of rotatable bonds is 5. The van der Waals surface area contributed by atoms with E-state index in [0.717, 1.165) is 5.56 Å². The third kappa shape index (κ3) is 4.96. The smallest absolute Gasteiger partial charge is 0.325 e. The lowest BCUT2D eigenvalue weighted by Crippen LogP contribution is -2.44. The number of urea groups is 1. The lowest BCUT2D eigenvalue weighted by Gasteiger charge is -2.10. The Hall–Kier alpha value is -2.11. The third-order valence-electron chi connectivity index (χ3n) is 2.17. The first-order chi connectivity index (χ1) is 8.09. The fraction of sp³-hybridized carbons (Fsp3) is 0.364. The topological polar surface area (TPSA) is 91.3 Å². The standard InChI is InChI=1S/C11H15N3O3/c1-8(10(15)16)14-11(17)13-7-4-9-2-5-12-6-3-9/h2-3,5-6,8H,4,7H2,1H3,(H,15,16)(H2,13,14,17)/t8-/m0/s1. The van der Waals surface area contributed by atoms with Crippen molar-refractivity contribution in [3.63, 3.8) is 0 Å². The molecule has 3 N–H and O–H groups in total. The minimum absolute atomic E-state index is 0.447. The fourth-order valence-electron chi connectivity index (χ4n) is 1.18. The summed E-state index contributed by atoms with van der Waals surface area (Å²) >= 11 is 0. The summed E-state index contributed by atoms with van der Waals surface area (Å²) in [5.41, 5.74) is 1.06. The van der Waals surface area contributed by atoms with Crippen LogP contribution in [0, 0.1) is 0 Å². The highest BCUT2D eigenvalue weighted by atomic mass is 16.4. The maximum atomic E-state index is 11.3. The van der Waals surface area contributed by atoms with E-state index in [1.807, 2.05) is 12.1 Å². The van der Waals surface area contributed by atoms with E-state index in [1.54, 1.807) is 12.4 Å². The number of amides is 2. The molecule has 0 saturated carbocycles. The first-order valence-corrected chi connectivity index (χ1v) is 5.25. The monoisotopic (exact) mass is 237 g/mol. The van der Waals surface area contributed by atoms with E-state index in [0.29, 0.717) is 13.0 Å². The molecule has 1 atom stereocenters. The molecule has 92 valence electrons. The summed E-state index contributed by atoms with van der Waals surface area (Å²) in [6.45, 7) is 1.85. The van der Waals surface area contributed by atoms with Crippen LogP contribution in [0.3, 0.4) is 0 Å². The lowest BCUT2D eigenvalue weighted by molar-refractivity contribution is -0.138. The first-order valence-electron chi connectivity index (χ1n) is 5.25. The predicted octanol–water partition coefficient (Wildman–Crippen LogP) is 0.396. The molecule has 6 nitrogen and oxygen atoms in total. The van der Waals surface area contributed by atoms with Gasteiger partial charge in [-0.3, -0.25) is 9.78 Å². The van der Waals surface area contributed by atoms with E-state index in [4.69, 9.17) is 5.11 Å². The Labute approximate surface area is 99.1 Å². The van der Waals surface area contributed by atoms with E-state index >= 15 is 0 Å². The third-order valence-corrected chi connectivity index (χ3v) is 2.17. The van der Waals surface area contributed by atoms with Crippen LogP contribution < -0.4 is 10.6 Å². The zero-order valence-corrected chi connectivity index (χ0v) is 9.51. The van der Waals surface area contributed by atoms with Gasteiger partial charge in [0.1, 0.15) is 6.04 Å². The molecule has 0 fully saturated rings. The van der Waals surface area contributed by atoms with Crippen LogP contribution in [0.2, 0.25) is 0 Å². The number of nitrogens with one attached hydrogen (secondary N) is 2. The first kappa shape index (κ1) is 13.0. The molecule has 0 aliphatic heterocycles. The second kappa shape index (κ2) is 6.47. The Kier molecular flexibility index (Phi) is 4.93. The van der Waals surface area contributed by atoms with Crippen molar-refractivity contribution in [1.29, 1.82) is 0 Å². The highest BCUT2D eigenvalue weighted by Crippen LogP contribution is 1.95. The van der Waals surface area contributed by atoms with E-state index in [9.17, 15) is 9.59 Å². The molecule has 0 aromatic carbocycles. The molecule has 0 aliphatic carbocycles. The Morgan fingerprint density at radius 3 is 2.65 bits per heavy atom. The molecular weight excluding hydrogens is 222 g/mol. The second-order valence-electron chi connectivity index (χ2n) is 3.57. The molecule has 1 heterocycles. The lowest BCUT2D eigenvalue weighted by atomic mass is 10.2. The van der Waals surface area contributed by atoms with E-state index in [-0.39, 0.29) is 0 Å². The molecule has 1 rings (SSSR count). The van der Waals surface area contributed by atoms with Gasteiger partial charge < -0.3 is 15.7 Å². The van der Waals surface area contributed by atoms with Crippen LogP contribution in [-0.2, 0) is 11.2 Å². The summed E-state index contributed by atoms with van der Waals surface area (Å²) in [6.07, 6.45) is 4.04. The molecular formula is C11H15N3O3. The number of hydrogen-bond acceptors (Lipinski definition) is 3. The van der Waals surface area contributed by atoms with Crippen LogP contribution in [-0.4, -0.2) is 34.7 Å². The molecule has 0 radical (unpaired) electrons. The predicted molar refractivity (Wildman–Crippen MR) is 61.6 cm³/mol. The number of carbonyl (C=O) groups is 2. The number of nitrogens with zero attached hydrogens (tertiary/aromatic N) is 1. The minimum atomic E-state index is -1.06. The fourth-order valence-corrected chi connectivity index (χ4v) is 1.18. The number of pyridine rings is 1. The van der Waals surface area contributed by atoms with Crippen molar-refractivity contribution >= 4 is 12.0 Å². The maximum Gasteiger partial charge on any atom is 0.325 e. The van der Waals surface area contributed by atoms with Crippen LogP contribution in [0.15, 0.2) is 24.5 Å². The molecule has 1 aromatic heterocycles. The van der Waals surface area contributed by atoms with Crippen molar-refractivity contribution in [1.82, 2.24) is 15.6 Å². The van der Waals surface area contributed by atoms with Gasteiger partial charge in [-0.1, -0.05) is 0 Å². The second-order valence-corrected chi connectivity index (χ2v) is 3.57. The van der Waals surface area contributed by atoms with Crippen LogP contribution >= 0.6 is 0 Å². The van der Waals surface area contributed by atoms with Gasteiger partial charge in [-0.05, 0) is 31.0 Å². The van der Waals surface area contributed by atoms with E-state index in [2.05, 4.69) is 15.6 Å². The molecule has 0 aliphatic rings. The summed E-state index contributed by atoms with van der Waals surface area (Å²) in [5.74, 6) is -1.06. The minimum Gasteiger partial charge on any atom is -0.480 e. The van der Waals surface area contributed by atoms with Crippen LogP contribution in [0.1, 0.15) is 12.5 Å². The molecule has 0 saturated heterocycles. The Morgan fingerprint density at radius 1 is 1.41 bits per heavy atom. The van der Waals surface area contributed by atoms with Gasteiger partial charge in [0.15, 0.2) is 0 Å². The molecule has 0 unspecified atom stereocenters. The summed E-state index contributed by atoms with van der Waals surface area (Å²) in [6, 6.07) is 2.35. The van der Waals surface area contributed by atoms with Crippen molar-refractivity contribution < 1.29 is 14.7 Å². The summed E-state index contributed by atoms with van der Waals surface area (Å²) in [4.78, 5) is 25.6. The van der Waals surface area contributed by atoms with Crippen LogP contribution in [0.4, 0.5) is 4.79 Å². The average Bonchev–Trinajstić information content (AvgIpc) is 2.30.